The molecule has 1 aromatic rings. The second-order valence-electron chi connectivity index (χ2n) is 1.76. The summed E-state index contributed by atoms with van der Waals surface area (Å²) in [7, 11) is 0.157. The van der Waals surface area contributed by atoms with Crippen LogP contribution >= 0.6 is 11.3 Å². The van der Waals surface area contributed by atoms with E-state index in [1.54, 1.807) is 11.4 Å². The summed E-state index contributed by atoms with van der Waals surface area (Å²) in [4.78, 5) is 0. The minimum absolute atomic E-state index is 0.497. The van der Waals surface area contributed by atoms with Crippen LogP contribution in [0.3, 0.4) is 0 Å². The Bertz CT molecular complexity index is 210. The number of hydrogen-bond acceptors (Lipinski definition) is 4. The molecule has 0 saturated heterocycles. The molecule has 0 unspecified atom stereocenters. The van der Waals surface area contributed by atoms with Crippen LogP contribution in [0, 0.1) is 0 Å². The van der Waals surface area contributed by atoms with Crippen molar-refractivity contribution in [3.8, 4) is 5.75 Å². The van der Waals surface area contributed by atoms with Crippen LogP contribution in [0.5, 0.6) is 5.75 Å². The second-order valence-corrected chi connectivity index (χ2v) is 2.71. The zero-order valence-electron chi connectivity index (χ0n) is 5.44. The number of methoxy groups -OCH3 is 1. The molecule has 10 heavy (non-hydrogen) atoms. The number of thiophene rings is 1. The summed E-state index contributed by atoms with van der Waals surface area (Å²) in [5.74, 6) is 0.660. The fourth-order valence-corrected chi connectivity index (χ4v) is 1.30. The topological polar surface area (TPSA) is 49.7 Å². The fourth-order valence-electron chi connectivity index (χ4n) is 0.577. The molecule has 2 N–H and O–H groups in total. The fraction of sp³-hybridized carbons (Fsp3) is 0.200. The number of hydrogen-bond donors (Lipinski definition) is 2. The highest BCUT2D eigenvalue weighted by Crippen LogP contribution is 2.11. The van der Waals surface area contributed by atoms with Crippen molar-refractivity contribution in [2.45, 2.75) is 0 Å². The van der Waals surface area contributed by atoms with E-state index in [0.717, 1.165) is 0 Å². The molecule has 1 heterocycles. The second kappa shape index (κ2) is 3.05. The van der Waals surface area contributed by atoms with Crippen LogP contribution < -0.4 is 9.51 Å². The van der Waals surface area contributed by atoms with Crippen LogP contribution in [-0.2, 0) is 0 Å². The lowest BCUT2D eigenvalue weighted by atomic mass is 9.90. The molecule has 0 aromatic carbocycles. The van der Waals surface area contributed by atoms with Crippen molar-refractivity contribution in [1.82, 2.24) is 0 Å². The van der Waals surface area contributed by atoms with E-state index in [1.165, 1.54) is 18.4 Å². The van der Waals surface area contributed by atoms with Crippen molar-refractivity contribution in [2.75, 3.05) is 7.11 Å². The maximum absolute atomic E-state index is 8.64. The molecule has 0 saturated carbocycles. The monoisotopic (exact) mass is 158 g/mol. The van der Waals surface area contributed by atoms with Crippen molar-refractivity contribution in [3.05, 3.63) is 11.4 Å². The van der Waals surface area contributed by atoms with E-state index in [0.29, 0.717) is 10.5 Å². The molecule has 0 fully saturated rings. The molecule has 0 amide bonds. The molecule has 0 bridgehead atoms. The molecule has 5 heteroatoms. The normalized spacial score (nSPS) is 9.50. The smallest absolute Gasteiger partial charge is 0.496 e. The standard InChI is InChI=1S/C5H7BO3S/c1-9-4-2-5(6(7)8)10-3-4/h2-3,7-8H,1H3. The minimum atomic E-state index is -1.38. The lowest BCUT2D eigenvalue weighted by Crippen LogP contribution is -2.26. The highest BCUT2D eigenvalue weighted by atomic mass is 32.1. The van der Waals surface area contributed by atoms with E-state index < -0.39 is 7.12 Å². The predicted molar refractivity (Wildman–Crippen MR) is 40.7 cm³/mol. The Morgan fingerprint density at radius 3 is 2.60 bits per heavy atom. The molecule has 1 aromatic heterocycles. The van der Waals surface area contributed by atoms with Gasteiger partial charge in [-0.05, 0) is 6.07 Å². The zero-order valence-corrected chi connectivity index (χ0v) is 6.26. The Morgan fingerprint density at radius 1 is 1.60 bits per heavy atom. The zero-order chi connectivity index (χ0) is 7.56. The maximum atomic E-state index is 8.64. The first-order chi connectivity index (χ1) is 4.74. The van der Waals surface area contributed by atoms with Crippen LogP contribution in [-0.4, -0.2) is 24.3 Å². The average molecular weight is 158 g/mol. The summed E-state index contributed by atoms with van der Waals surface area (Å²) in [6.45, 7) is 0. The number of rotatable bonds is 2. The average Bonchev–Trinajstić information content (AvgIpc) is 2.34. The van der Waals surface area contributed by atoms with E-state index in [9.17, 15) is 0 Å². The van der Waals surface area contributed by atoms with Crippen molar-refractivity contribution < 1.29 is 14.8 Å². The first-order valence-electron chi connectivity index (χ1n) is 2.72. The lowest BCUT2D eigenvalue weighted by molar-refractivity contribution is 0.415. The summed E-state index contributed by atoms with van der Waals surface area (Å²) in [6, 6.07) is 1.59. The third-order valence-electron chi connectivity index (χ3n) is 1.09. The highest BCUT2D eigenvalue weighted by Gasteiger charge is 2.13. The van der Waals surface area contributed by atoms with Gasteiger partial charge < -0.3 is 14.8 Å². The van der Waals surface area contributed by atoms with Crippen LogP contribution in [0.15, 0.2) is 11.4 Å². The molecule has 3 nitrogen and oxygen atoms in total. The highest BCUT2D eigenvalue weighted by molar-refractivity contribution is 7.20. The number of ether oxygens (including phenoxy) is 1. The molecular formula is C5H7BO3S. The van der Waals surface area contributed by atoms with Gasteiger partial charge in [-0.15, -0.1) is 11.3 Å². The van der Waals surface area contributed by atoms with Gasteiger partial charge >= 0.3 is 7.12 Å². The van der Waals surface area contributed by atoms with Crippen molar-refractivity contribution in [3.63, 3.8) is 0 Å². The SMILES string of the molecule is COc1csc(B(O)O)c1. The van der Waals surface area contributed by atoms with Gasteiger partial charge in [-0.25, -0.2) is 0 Å². The van der Waals surface area contributed by atoms with Crippen molar-refractivity contribution in [1.29, 1.82) is 0 Å². The quantitative estimate of drug-likeness (QED) is 0.567. The summed E-state index contributed by atoms with van der Waals surface area (Å²) in [6.07, 6.45) is 0. The Hall–Kier alpha value is -0.515. The van der Waals surface area contributed by atoms with Gasteiger partial charge in [0.2, 0.25) is 0 Å². The lowest BCUT2D eigenvalue weighted by Gasteiger charge is -1.90. The Balaban J connectivity index is 2.78. The summed E-state index contributed by atoms with van der Waals surface area (Å²) in [5, 5.41) is 19.0. The van der Waals surface area contributed by atoms with E-state index in [-0.39, 0.29) is 0 Å². The molecule has 0 spiro atoms. The maximum Gasteiger partial charge on any atom is 0.499 e. The largest absolute Gasteiger partial charge is 0.499 e. The van der Waals surface area contributed by atoms with Gasteiger partial charge in [0, 0.05) is 10.2 Å². The van der Waals surface area contributed by atoms with Crippen LogP contribution in [0.4, 0.5) is 0 Å². The van der Waals surface area contributed by atoms with Crippen molar-refractivity contribution in [2.24, 2.45) is 0 Å². The predicted octanol–water partition coefficient (Wildman–Crippen LogP) is -0.564. The molecule has 0 aliphatic carbocycles. The van der Waals surface area contributed by atoms with Gasteiger partial charge in [0.15, 0.2) is 0 Å². The summed E-state index contributed by atoms with van der Waals surface area (Å²) in [5.41, 5.74) is 0. The molecule has 0 aliphatic heterocycles. The Kier molecular flexibility index (Phi) is 2.31. The van der Waals surface area contributed by atoms with Gasteiger partial charge in [-0.1, -0.05) is 0 Å². The Labute approximate surface area is 63.0 Å². The minimum Gasteiger partial charge on any atom is -0.496 e. The van der Waals surface area contributed by atoms with E-state index in [2.05, 4.69) is 0 Å². The molecule has 1 rings (SSSR count). The van der Waals surface area contributed by atoms with Gasteiger partial charge in [0.1, 0.15) is 5.75 Å². The van der Waals surface area contributed by atoms with E-state index >= 15 is 0 Å². The van der Waals surface area contributed by atoms with Crippen LogP contribution in [0.2, 0.25) is 0 Å². The molecule has 54 valence electrons. The van der Waals surface area contributed by atoms with Crippen molar-refractivity contribution >= 4 is 23.2 Å². The molecule has 0 radical (unpaired) electrons. The molecular weight excluding hydrogens is 151 g/mol. The third-order valence-corrected chi connectivity index (χ3v) is 2.04. The third kappa shape index (κ3) is 1.50. The van der Waals surface area contributed by atoms with Crippen LogP contribution in [0.25, 0.3) is 0 Å². The molecule has 0 aliphatic rings. The van der Waals surface area contributed by atoms with Gasteiger partial charge in [0.05, 0.1) is 7.11 Å². The summed E-state index contributed by atoms with van der Waals surface area (Å²) < 4.78 is 5.33. The molecule has 0 atom stereocenters. The van der Waals surface area contributed by atoms with Crippen LogP contribution in [0.1, 0.15) is 0 Å². The van der Waals surface area contributed by atoms with Gasteiger partial charge in [0.25, 0.3) is 0 Å². The van der Waals surface area contributed by atoms with Gasteiger partial charge in [-0.3, -0.25) is 0 Å². The Morgan fingerprint density at radius 2 is 2.30 bits per heavy atom. The van der Waals surface area contributed by atoms with E-state index in [1.807, 2.05) is 0 Å². The van der Waals surface area contributed by atoms with Gasteiger partial charge in [-0.2, -0.15) is 0 Å². The first kappa shape index (κ1) is 7.59. The summed E-state index contributed by atoms with van der Waals surface area (Å²) >= 11 is 1.26. The first-order valence-corrected chi connectivity index (χ1v) is 3.60. The van der Waals surface area contributed by atoms with E-state index in [4.69, 9.17) is 14.8 Å².